The van der Waals surface area contributed by atoms with Crippen LogP contribution < -0.4 is 5.73 Å². The van der Waals surface area contributed by atoms with E-state index in [0.29, 0.717) is 0 Å². The Kier molecular flexibility index (Phi) is 4.25. The molecule has 1 aromatic carbocycles. The van der Waals surface area contributed by atoms with Crippen molar-refractivity contribution in [2.24, 2.45) is 5.73 Å². The van der Waals surface area contributed by atoms with Gasteiger partial charge in [0.05, 0.1) is 5.92 Å². The standard InChI is InChI=1S/C14H16N2O.C2H6/c15-14(17)11-7-2-1-6-10-9-5-3-4-8-12(9)16-13(10)11;1-2/h3-5,8,11,16H,1-2,6-7H2,(H2,15,17);1-2H3. The van der Waals surface area contributed by atoms with E-state index in [9.17, 15) is 4.79 Å². The van der Waals surface area contributed by atoms with Gasteiger partial charge in [0.15, 0.2) is 0 Å². The van der Waals surface area contributed by atoms with E-state index in [2.05, 4.69) is 17.1 Å². The molecule has 1 aliphatic rings. The third kappa shape index (κ3) is 2.50. The molecule has 0 radical (unpaired) electrons. The Morgan fingerprint density at radius 2 is 2.00 bits per heavy atom. The molecule has 1 heterocycles. The highest BCUT2D eigenvalue weighted by Gasteiger charge is 2.26. The quantitative estimate of drug-likeness (QED) is 0.756. The summed E-state index contributed by atoms with van der Waals surface area (Å²) in [6.45, 7) is 4.00. The number of H-pyrrole nitrogens is 1. The molecule has 102 valence electrons. The molecule has 3 rings (SSSR count). The first-order valence-electron chi connectivity index (χ1n) is 7.16. The normalized spacial score (nSPS) is 18.1. The van der Waals surface area contributed by atoms with Gasteiger partial charge in [0.25, 0.3) is 0 Å². The molecule has 0 fully saturated rings. The number of nitrogens with two attached hydrogens (primary N) is 1. The number of hydrogen-bond donors (Lipinski definition) is 2. The molecule has 1 atom stereocenters. The van der Waals surface area contributed by atoms with Crippen molar-refractivity contribution in [1.82, 2.24) is 4.98 Å². The van der Waals surface area contributed by atoms with Crippen molar-refractivity contribution < 1.29 is 4.79 Å². The van der Waals surface area contributed by atoms with Gasteiger partial charge in [0.2, 0.25) is 5.91 Å². The van der Waals surface area contributed by atoms with Crippen LogP contribution >= 0.6 is 0 Å². The smallest absolute Gasteiger partial charge is 0.226 e. The van der Waals surface area contributed by atoms with Gasteiger partial charge in [-0.2, -0.15) is 0 Å². The third-order valence-corrected chi connectivity index (χ3v) is 3.71. The van der Waals surface area contributed by atoms with E-state index >= 15 is 0 Å². The van der Waals surface area contributed by atoms with Crippen LogP contribution in [0.5, 0.6) is 0 Å². The summed E-state index contributed by atoms with van der Waals surface area (Å²) in [5.74, 6) is -0.348. The van der Waals surface area contributed by atoms with Crippen molar-refractivity contribution in [2.75, 3.05) is 0 Å². The van der Waals surface area contributed by atoms with Crippen molar-refractivity contribution in [3.63, 3.8) is 0 Å². The van der Waals surface area contributed by atoms with Crippen LogP contribution in [-0.2, 0) is 11.2 Å². The van der Waals surface area contributed by atoms with Crippen molar-refractivity contribution in [2.45, 2.75) is 45.4 Å². The van der Waals surface area contributed by atoms with E-state index in [1.54, 1.807) is 0 Å². The van der Waals surface area contributed by atoms with Gasteiger partial charge < -0.3 is 10.7 Å². The Labute approximate surface area is 114 Å². The lowest BCUT2D eigenvalue weighted by Crippen LogP contribution is -2.21. The van der Waals surface area contributed by atoms with E-state index in [0.717, 1.165) is 36.9 Å². The zero-order chi connectivity index (χ0) is 13.8. The van der Waals surface area contributed by atoms with Crippen molar-refractivity contribution in [1.29, 1.82) is 0 Å². The number of hydrogen-bond acceptors (Lipinski definition) is 1. The average molecular weight is 258 g/mol. The van der Waals surface area contributed by atoms with Gasteiger partial charge >= 0.3 is 0 Å². The molecule has 0 saturated carbocycles. The van der Waals surface area contributed by atoms with Gasteiger partial charge in [-0.1, -0.05) is 38.5 Å². The lowest BCUT2D eigenvalue weighted by Gasteiger charge is -2.09. The molecule has 3 heteroatoms. The van der Waals surface area contributed by atoms with E-state index < -0.39 is 0 Å². The maximum Gasteiger partial charge on any atom is 0.226 e. The minimum Gasteiger partial charge on any atom is -0.369 e. The Morgan fingerprint density at radius 3 is 2.74 bits per heavy atom. The number of benzene rings is 1. The number of aromatic amines is 1. The minimum absolute atomic E-state index is 0.139. The molecule has 0 spiro atoms. The number of nitrogens with one attached hydrogen (secondary N) is 1. The largest absolute Gasteiger partial charge is 0.369 e. The van der Waals surface area contributed by atoms with Gasteiger partial charge in [-0.25, -0.2) is 0 Å². The van der Waals surface area contributed by atoms with E-state index in [4.69, 9.17) is 5.73 Å². The molecular weight excluding hydrogens is 236 g/mol. The third-order valence-electron chi connectivity index (χ3n) is 3.71. The molecule has 3 nitrogen and oxygen atoms in total. The molecule has 19 heavy (non-hydrogen) atoms. The number of rotatable bonds is 1. The fourth-order valence-corrected chi connectivity index (χ4v) is 2.87. The highest BCUT2D eigenvalue weighted by molar-refractivity contribution is 5.89. The predicted molar refractivity (Wildman–Crippen MR) is 79.1 cm³/mol. The number of aryl methyl sites for hydroxylation is 1. The molecular formula is C16H22N2O. The molecule has 1 aromatic heterocycles. The summed E-state index contributed by atoms with van der Waals surface area (Å²) in [6, 6.07) is 8.23. The van der Waals surface area contributed by atoms with Crippen LogP contribution in [-0.4, -0.2) is 10.9 Å². The number of para-hydroxylation sites is 1. The second kappa shape index (κ2) is 5.91. The van der Waals surface area contributed by atoms with E-state index in [1.807, 2.05) is 26.0 Å². The predicted octanol–water partition coefficient (Wildman–Crippen LogP) is 3.49. The van der Waals surface area contributed by atoms with Gasteiger partial charge in [-0.05, 0) is 30.9 Å². The summed E-state index contributed by atoms with van der Waals surface area (Å²) in [6.07, 6.45) is 4.13. The maximum atomic E-state index is 11.5. The Morgan fingerprint density at radius 1 is 1.26 bits per heavy atom. The van der Waals surface area contributed by atoms with Crippen LogP contribution in [0.15, 0.2) is 24.3 Å². The van der Waals surface area contributed by atoms with Gasteiger partial charge in [0, 0.05) is 16.6 Å². The van der Waals surface area contributed by atoms with Crippen LogP contribution in [0.3, 0.4) is 0 Å². The highest BCUT2D eigenvalue weighted by atomic mass is 16.1. The van der Waals surface area contributed by atoms with Crippen LogP contribution in [0.4, 0.5) is 0 Å². The number of carbonyl (C=O) groups is 1. The van der Waals surface area contributed by atoms with E-state index in [-0.39, 0.29) is 11.8 Å². The molecule has 0 bridgehead atoms. The molecule has 2 aromatic rings. The minimum atomic E-state index is -0.209. The lowest BCUT2D eigenvalue weighted by molar-refractivity contribution is -0.119. The van der Waals surface area contributed by atoms with Crippen molar-refractivity contribution in [3.05, 3.63) is 35.5 Å². The monoisotopic (exact) mass is 258 g/mol. The van der Waals surface area contributed by atoms with E-state index in [1.165, 1.54) is 10.9 Å². The van der Waals surface area contributed by atoms with Crippen LogP contribution in [0.25, 0.3) is 10.9 Å². The molecule has 0 aliphatic heterocycles. The number of primary amides is 1. The summed E-state index contributed by atoms with van der Waals surface area (Å²) in [5, 5.41) is 1.25. The second-order valence-electron chi connectivity index (χ2n) is 4.76. The number of amides is 1. The first-order valence-corrected chi connectivity index (χ1v) is 7.16. The Bertz CT molecular complexity index is 571. The Balaban J connectivity index is 0.000000637. The summed E-state index contributed by atoms with van der Waals surface area (Å²) >= 11 is 0. The summed E-state index contributed by atoms with van der Waals surface area (Å²) in [5.41, 5.74) is 8.98. The fourth-order valence-electron chi connectivity index (χ4n) is 2.87. The number of carbonyl (C=O) groups excluding carboxylic acids is 1. The van der Waals surface area contributed by atoms with Crippen LogP contribution in [0.1, 0.15) is 50.3 Å². The SMILES string of the molecule is CC.NC(=O)C1CCCCc2c1[nH]c1ccccc21. The Hall–Kier alpha value is -1.77. The molecule has 1 unspecified atom stereocenters. The van der Waals surface area contributed by atoms with Gasteiger partial charge in [-0.15, -0.1) is 0 Å². The lowest BCUT2D eigenvalue weighted by atomic mass is 9.98. The summed E-state index contributed by atoms with van der Waals surface area (Å²) in [4.78, 5) is 14.9. The molecule has 3 N–H and O–H groups in total. The zero-order valence-electron chi connectivity index (χ0n) is 11.7. The zero-order valence-corrected chi connectivity index (χ0v) is 11.7. The first-order chi connectivity index (χ1) is 9.27. The molecule has 1 aliphatic carbocycles. The topological polar surface area (TPSA) is 58.9 Å². The summed E-state index contributed by atoms with van der Waals surface area (Å²) < 4.78 is 0. The van der Waals surface area contributed by atoms with Gasteiger partial charge in [-0.3, -0.25) is 4.79 Å². The summed E-state index contributed by atoms with van der Waals surface area (Å²) in [7, 11) is 0. The highest BCUT2D eigenvalue weighted by Crippen LogP contribution is 2.34. The molecule has 0 saturated heterocycles. The maximum absolute atomic E-state index is 11.5. The average Bonchev–Trinajstić information content (AvgIpc) is 2.66. The van der Waals surface area contributed by atoms with Crippen LogP contribution in [0.2, 0.25) is 0 Å². The fraction of sp³-hybridized carbons (Fsp3) is 0.438. The first kappa shape index (κ1) is 13.7. The molecule has 1 amide bonds. The number of aromatic nitrogens is 1. The second-order valence-corrected chi connectivity index (χ2v) is 4.76. The van der Waals surface area contributed by atoms with Crippen molar-refractivity contribution in [3.8, 4) is 0 Å². The number of fused-ring (bicyclic) bond motifs is 3. The van der Waals surface area contributed by atoms with Crippen molar-refractivity contribution >= 4 is 16.8 Å². The van der Waals surface area contributed by atoms with Crippen LogP contribution in [0, 0.1) is 0 Å². The van der Waals surface area contributed by atoms with Gasteiger partial charge in [0.1, 0.15) is 0 Å².